The maximum absolute atomic E-state index is 12.9. The van der Waals surface area contributed by atoms with Gasteiger partial charge in [-0.15, -0.1) is 11.3 Å². The summed E-state index contributed by atoms with van der Waals surface area (Å²) in [7, 11) is 0. The highest BCUT2D eigenvalue weighted by molar-refractivity contribution is 7.10. The SMILES string of the molecule is CCOc1cccc(NC(=O)/C(=C/c2cccs2)NC(=O)c2cccc(C)c2)c1. The lowest BCUT2D eigenvalue weighted by Gasteiger charge is -2.12. The summed E-state index contributed by atoms with van der Waals surface area (Å²) < 4.78 is 5.47. The first-order chi connectivity index (χ1) is 14.0. The van der Waals surface area contributed by atoms with Gasteiger partial charge in [-0.25, -0.2) is 0 Å². The van der Waals surface area contributed by atoms with E-state index in [1.54, 1.807) is 36.4 Å². The summed E-state index contributed by atoms with van der Waals surface area (Å²) in [5.74, 6) is -0.0827. The molecule has 148 valence electrons. The summed E-state index contributed by atoms with van der Waals surface area (Å²) in [4.78, 5) is 26.5. The molecule has 2 amide bonds. The highest BCUT2D eigenvalue weighted by Crippen LogP contribution is 2.19. The molecule has 0 aliphatic carbocycles. The second-order valence-electron chi connectivity index (χ2n) is 6.31. The Morgan fingerprint density at radius 2 is 1.90 bits per heavy atom. The molecular formula is C23H22N2O3S. The largest absolute Gasteiger partial charge is 0.494 e. The third-order valence-electron chi connectivity index (χ3n) is 4.01. The van der Waals surface area contributed by atoms with Crippen LogP contribution in [0.2, 0.25) is 0 Å². The first-order valence-electron chi connectivity index (χ1n) is 9.22. The Bertz CT molecular complexity index is 1030. The Labute approximate surface area is 174 Å². The minimum atomic E-state index is -0.409. The van der Waals surface area contributed by atoms with Gasteiger partial charge >= 0.3 is 0 Å². The van der Waals surface area contributed by atoms with E-state index >= 15 is 0 Å². The molecule has 0 aliphatic heterocycles. The van der Waals surface area contributed by atoms with E-state index in [2.05, 4.69) is 10.6 Å². The number of ether oxygens (including phenoxy) is 1. The van der Waals surface area contributed by atoms with Crippen LogP contribution in [0.25, 0.3) is 6.08 Å². The van der Waals surface area contributed by atoms with E-state index in [9.17, 15) is 9.59 Å². The van der Waals surface area contributed by atoms with E-state index < -0.39 is 5.91 Å². The molecule has 6 heteroatoms. The molecule has 29 heavy (non-hydrogen) atoms. The summed E-state index contributed by atoms with van der Waals surface area (Å²) >= 11 is 1.48. The molecular weight excluding hydrogens is 384 g/mol. The van der Waals surface area contributed by atoms with Crippen molar-refractivity contribution in [3.8, 4) is 5.75 Å². The number of anilines is 1. The molecule has 0 bridgehead atoms. The van der Waals surface area contributed by atoms with Crippen LogP contribution in [-0.4, -0.2) is 18.4 Å². The van der Waals surface area contributed by atoms with Gasteiger partial charge in [0.05, 0.1) is 6.61 Å². The lowest BCUT2D eigenvalue weighted by molar-refractivity contribution is -0.113. The van der Waals surface area contributed by atoms with E-state index in [0.717, 1.165) is 10.4 Å². The van der Waals surface area contributed by atoms with Crippen LogP contribution in [0.15, 0.2) is 71.7 Å². The van der Waals surface area contributed by atoms with Crippen LogP contribution in [0.1, 0.15) is 27.7 Å². The van der Waals surface area contributed by atoms with Gasteiger partial charge in [-0.05, 0) is 55.6 Å². The predicted molar refractivity (Wildman–Crippen MR) is 117 cm³/mol. The molecule has 0 aliphatic rings. The molecule has 0 saturated carbocycles. The highest BCUT2D eigenvalue weighted by atomic mass is 32.1. The van der Waals surface area contributed by atoms with Crippen molar-refractivity contribution < 1.29 is 14.3 Å². The number of nitrogens with one attached hydrogen (secondary N) is 2. The van der Waals surface area contributed by atoms with Crippen LogP contribution in [0.3, 0.4) is 0 Å². The number of carbonyl (C=O) groups is 2. The molecule has 0 atom stereocenters. The Kier molecular flexibility index (Phi) is 6.81. The Morgan fingerprint density at radius 3 is 2.62 bits per heavy atom. The minimum Gasteiger partial charge on any atom is -0.494 e. The van der Waals surface area contributed by atoms with Crippen molar-refractivity contribution in [1.82, 2.24) is 5.32 Å². The van der Waals surface area contributed by atoms with Crippen molar-refractivity contribution in [2.24, 2.45) is 0 Å². The number of hydrogen-bond acceptors (Lipinski definition) is 4. The molecule has 0 spiro atoms. The van der Waals surface area contributed by atoms with Crippen LogP contribution >= 0.6 is 11.3 Å². The molecule has 1 aromatic heterocycles. The van der Waals surface area contributed by atoms with Gasteiger partial charge in [-0.3, -0.25) is 9.59 Å². The van der Waals surface area contributed by atoms with Gasteiger partial charge < -0.3 is 15.4 Å². The smallest absolute Gasteiger partial charge is 0.272 e. The van der Waals surface area contributed by atoms with Gasteiger partial charge in [0.1, 0.15) is 11.4 Å². The number of thiophene rings is 1. The standard InChI is InChI=1S/C23H22N2O3S/c1-3-28-19-10-5-9-18(14-19)24-23(27)21(15-20-11-6-12-29-20)25-22(26)17-8-4-7-16(2)13-17/h4-15H,3H2,1-2H3,(H,24,27)(H,25,26)/b21-15-. The molecule has 5 nitrogen and oxygen atoms in total. The molecule has 0 fully saturated rings. The second-order valence-corrected chi connectivity index (χ2v) is 7.29. The Hall–Kier alpha value is -3.38. The predicted octanol–water partition coefficient (Wildman–Crippen LogP) is 4.86. The van der Waals surface area contributed by atoms with Gasteiger partial charge in [0.2, 0.25) is 0 Å². The number of rotatable bonds is 7. The molecule has 3 aromatic rings. The van der Waals surface area contributed by atoms with Crippen molar-refractivity contribution in [3.63, 3.8) is 0 Å². The van der Waals surface area contributed by atoms with Crippen molar-refractivity contribution in [2.75, 3.05) is 11.9 Å². The summed E-state index contributed by atoms with van der Waals surface area (Å²) in [5, 5.41) is 7.48. The van der Waals surface area contributed by atoms with Crippen LogP contribution in [-0.2, 0) is 4.79 Å². The van der Waals surface area contributed by atoms with E-state index in [-0.39, 0.29) is 11.6 Å². The third kappa shape index (κ3) is 5.80. The van der Waals surface area contributed by atoms with E-state index in [0.29, 0.717) is 23.6 Å². The fraction of sp³-hybridized carbons (Fsp3) is 0.130. The Morgan fingerprint density at radius 1 is 1.07 bits per heavy atom. The molecule has 0 saturated heterocycles. The van der Waals surface area contributed by atoms with Crippen LogP contribution in [0.5, 0.6) is 5.75 Å². The van der Waals surface area contributed by atoms with E-state index in [4.69, 9.17) is 4.74 Å². The van der Waals surface area contributed by atoms with E-state index in [1.165, 1.54) is 11.3 Å². The fourth-order valence-corrected chi connectivity index (χ4v) is 3.34. The fourth-order valence-electron chi connectivity index (χ4n) is 2.68. The third-order valence-corrected chi connectivity index (χ3v) is 4.83. The maximum atomic E-state index is 12.9. The number of carbonyl (C=O) groups excluding carboxylic acids is 2. The maximum Gasteiger partial charge on any atom is 0.272 e. The van der Waals surface area contributed by atoms with Crippen LogP contribution < -0.4 is 15.4 Å². The van der Waals surface area contributed by atoms with Gasteiger partial charge in [0, 0.05) is 22.2 Å². The van der Waals surface area contributed by atoms with Crippen molar-refractivity contribution in [1.29, 1.82) is 0 Å². The van der Waals surface area contributed by atoms with Gasteiger partial charge in [0.15, 0.2) is 0 Å². The van der Waals surface area contributed by atoms with Crippen molar-refractivity contribution in [3.05, 3.63) is 87.7 Å². The number of aryl methyl sites for hydroxylation is 1. The first kappa shape index (κ1) is 20.4. The van der Waals surface area contributed by atoms with Crippen molar-refractivity contribution in [2.45, 2.75) is 13.8 Å². The molecule has 3 rings (SSSR count). The second kappa shape index (κ2) is 9.71. The number of hydrogen-bond donors (Lipinski definition) is 2. The quantitative estimate of drug-likeness (QED) is 0.551. The van der Waals surface area contributed by atoms with Gasteiger partial charge in [-0.2, -0.15) is 0 Å². The summed E-state index contributed by atoms with van der Waals surface area (Å²) in [5.41, 5.74) is 2.22. The molecule has 1 heterocycles. The molecule has 0 radical (unpaired) electrons. The van der Waals surface area contributed by atoms with Crippen LogP contribution in [0, 0.1) is 6.92 Å². The zero-order valence-corrected chi connectivity index (χ0v) is 17.1. The topological polar surface area (TPSA) is 67.4 Å². The number of benzene rings is 2. The Balaban J connectivity index is 1.82. The summed E-state index contributed by atoms with van der Waals surface area (Å²) in [6.07, 6.45) is 1.67. The highest BCUT2D eigenvalue weighted by Gasteiger charge is 2.15. The summed E-state index contributed by atoms with van der Waals surface area (Å²) in [6.45, 7) is 4.35. The summed E-state index contributed by atoms with van der Waals surface area (Å²) in [6, 6.07) is 18.1. The monoisotopic (exact) mass is 406 g/mol. The molecule has 2 N–H and O–H groups in total. The normalized spacial score (nSPS) is 11.0. The molecule has 0 unspecified atom stereocenters. The average Bonchev–Trinajstić information content (AvgIpc) is 3.21. The molecule has 2 aromatic carbocycles. The average molecular weight is 407 g/mol. The van der Waals surface area contributed by atoms with Crippen molar-refractivity contribution >= 4 is 34.9 Å². The lowest BCUT2D eigenvalue weighted by atomic mass is 10.1. The first-order valence-corrected chi connectivity index (χ1v) is 10.1. The van der Waals surface area contributed by atoms with E-state index in [1.807, 2.05) is 49.6 Å². The van der Waals surface area contributed by atoms with Gasteiger partial charge in [-0.1, -0.05) is 29.8 Å². The number of amides is 2. The van der Waals surface area contributed by atoms with Crippen LogP contribution in [0.4, 0.5) is 5.69 Å². The lowest BCUT2D eigenvalue weighted by Crippen LogP contribution is -2.30. The zero-order valence-electron chi connectivity index (χ0n) is 16.3. The zero-order chi connectivity index (χ0) is 20.6. The van der Waals surface area contributed by atoms with Gasteiger partial charge in [0.25, 0.3) is 11.8 Å². The minimum absolute atomic E-state index is 0.167.